The lowest BCUT2D eigenvalue weighted by Crippen LogP contribution is -2.05. The van der Waals surface area contributed by atoms with Crippen molar-refractivity contribution in [3.05, 3.63) is 52.5 Å². The predicted molar refractivity (Wildman–Crippen MR) is 75.2 cm³/mol. The maximum Gasteiger partial charge on any atom is 0.337 e. The molecule has 0 saturated carbocycles. The van der Waals surface area contributed by atoms with Gasteiger partial charge in [-0.25, -0.2) is 4.79 Å². The van der Waals surface area contributed by atoms with E-state index in [1.807, 2.05) is 24.3 Å². The summed E-state index contributed by atoms with van der Waals surface area (Å²) in [6.07, 6.45) is 0. The van der Waals surface area contributed by atoms with Gasteiger partial charge < -0.3 is 16.2 Å². The molecular weight excluding hydrogens is 296 g/mol. The lowest BCUT2D eigenvalue weighted by atomic mass is 10.1. The van der Waals surface area contributed by atoms with Crippen LogP contribution in [0.1, 0.15) is 10.4 Å². The number of hydrogen-bond acceptors (Lipinski definition) is 3. The van der Waals surface area contributed by atoms with E-state index in [1.165, 1.54) is 6.07 Å². The van der Waals surface area contributed by atoms with E-state index in [-0.39, 0.29) is 11.3 Å². The highest BCUT2D eigenvalue weighted by Gasteiger charge is 2.11. The van der Waals surface area contributed by atoms with E-state index in [1.54, 1.807) is 12.1 Å². The van der Waals surface area contributed by atoms with E-state index in [0.717, 1.165) is 10.2 Å². The fourth-order valence-electron chi connectivity index (χ4n) is 1.57. The fourth-order valence-corrected chi connectivity index (χ4v) is 1.95. The van der Waals surface area contributed by atoms with Crippen LogP contribution in [-0.4, -0.2) is 11.1 Å². The molecule has 2 aromatic rings. The Kier molecular flexibility index (Phi) is 3.53. The number of anilines is 3. The second-order valence-corrected chi connectivity index (χ2v) is 4.53. The molecule has 0 atom stereocenters. The lowest BCUT2D eigenvalue weighted by molar-refractivity contribution is 0.0698. The second kappa shape index (κ2) is 5.10. The number of nitrogens with two attached hydrogens (primary N) is 1. The zero-order chi connectivity index (χ0) is 13.1. The van der Waals surface area contributed by atoms with Crippen LogP contribution in [0.3, 0.4) is 0 Å². The average molecular weight is 307 g/mol. The Labute approximate surface area is 113 Å². The number of benzene rings is 2. The first kappa shape index (κ1) is 12.4. The van der Waals surface area contributed by atoms with Gasteiger partial charge in [0.1, 0.15) is 0 Å². The van der Waals surface area contributed by atoms with Crippen LogP contribution in [0.2, 0.25) is 0 Å². The van der Waals surface area contributed by atoms with Gasteiger partial charge in [0.25, 0.3) is 0 Å². The summed E-state index contributed by atoms with van der Waals surface area (Å²) in [5.74, 6) is -1.04. The van der Waals surface area contributed by atoms with Gasteiger partial charge in [0.05, 0.1) is 22.6 Å². The number of carboxylic acid groups (broad SMARTS) is 1. The molecule has 0 amide bonds. The molecular formula is C13H11BrN2O2. The number of rotatable bonds is 3. The molecule has 0 bridgehead atoms. The molecule has 0 aliphatic heterocycles. The first-order valence-corrected chi connectivity index (χ1v) is 6.02. The third kappa shape index (κ3) is 2.46. The first-order chi connectivity index (χ1) is 8.59. The number of hydrogen-bond donors (Lipinski definition) is 3. The van der Waals surface area contributed by atoms with Crippen LogP contribution in [0.5, 0.6) is 0 Å². The van der Waals surface area contributed by atoms with Gasteiger partial charge in [0, 0.05) is 4.47 Å². The molecule has 4 nitrogen and oxygen atoms in total. The van der Waals surface area contributed by atoms with E-state index >= 15 is 0 Å². The molecule has 5 heteroatoms. The van der Waals surface area contributed by atoms with Gasteiger partial charge in [-0.1, -0.05) is 18.2 Å². The van der Waals surface area contributed by atoms with Gasteiger partial charge in [-0.2, -0.15) is 0 Å². The molecule has 0 unspecified atom stereocenters. The van der Waals surface area contributed by atoms with Gasteiger partial charge in [0.2, 0.25) is 0 Å². The number of nitrogen functional groups attached to an aromatic ring is 1. The Bertz CT molecular complexity index is 599. The van der Waals surface area contributed by atoms with Crippen molar-refractivity contribution < 1.29 is 9.90 Å². The summed E-state index contributed by atoms with van der Waals surface area (Å²) in [6.45, 7) is 0. The van der Waals surface area contributed by atoms with Crippen LogP contribution in [0.25, 0.3) is 0 Å². The highest BCUT2D eigenvalue weighted by molar-refractivity contribution is 9.10. The van der Waals surface area contributed by atoms with Crippen LogP contribution >= 0.6 is 15.9 Å². The highest BCUT2D eigenvalue weighted by atomic mass is 79.9. The summed E-state index contributed by atoms with van der Waals surface area (Å²) in [6, 6.07) is 12.4. The second-order valence-electron chi connectivity index (χ2n) is 3.68. The minimum atomic E-state index is -1.04. The van der Waals surface area contributed by atoms with Crippen molar-refractivity contribution in [3.8, 4) is 0 Å². The lowest BCUT2D eigenvalue weighted by Gasteiger charge is -2.12. The van der Waals surface area contributed by atoms with Crippen LogP contribution in [0.4, 0.5) is 17.1 Å². The first-order valence-electron chi connectivity index (χ1n) is 5.23. The molecule has 92 valence electrons. The van der Waals surface area contributed by atoms with Crippen molar-refractivity contribution >= 4 is 39.0 Å². The number of aromatic carboxylic acids is 1. The Morgan fingerprint density at radius 3 is 2.44 bits per heavy atom. The van der Waals surface area contributed by atoms with Gasteiger partial charge in [-0.15, -0.1) is 0 Å². The maximum atomic E-state index is 11.0. The summed E-state index contributed by atoms with van der Waals surface area (Å²) >= 11 is 3.41. The third-order valence-electron chi connectivity index (χ3n) is 2.48. The summed E-state index contributed by atoms with van der Waals surface area (Å²) in [4.78, 5) is 11.0. The normalized spacial score (nSPS) is 10.1. The Morgan fingerprint density at radius 1 is 1.11 bits per heavy atom. The fraction of sp³-hybridized carbons (Fsp3) is 0. The molecule has 2 aromatic carbocycles. The molecule has 0 spiro atoms. The molecule has 0 radical (unpaired) electrons. The van der Waals surface area contributed by atoms with E-state index in [2.05, 4.69) is 21.2 Å². The van der Waals surface area contributed by atoms with E-state index in [4.69, 9.17) is 10.8 Å². The van der Waals surface area contributed by atoms with Crippen molar-refractivity contribution in [2.75, 3.05) is 11.1 Å². The maximum absolute atomic E-state index is 11.0. The zero-order valence-corrected chi connectivity index (χ0v) is 10.9. The van der Waals surface area contributed by atoms with Gasteiger partial charge in [-0.3, -0.25) is 0 Å². The third-order valence-corrected chi connectivity index (χ3v) is 3.17. The van der Waals surface area contributed by atoms with Crippen molar-refractivity contribution in [3.63, 3.8) is 0 Å². The number of halogens is 1. The molecule has 18 heavy (non-hydrogen) atoms. The van der Waals surface area contributed by atoms with Gasteiger partial charge in [0.15, 0.2) is 0 Å². The largest absolute Gasteiger partial charge is 0.478 e. The number of nitrogens with one attached hydrogen (secondary N) is 1. The quantitative estimate of drug-likeness (QED) is 0.759. The Balaban J connectivity index is 2.39. The molecule has 0 aliphatic rings. The Morgan fingerprint density at radius 2 is 1.78 bits per heavy atom. The van der Waals surface area contributed by atoms with Crippen molar-refractivity contribution in [2.24, 2.45) is 0 Å². The summed E-state index contributed by atoms with van der Waals surface area (Å²) in [7, 11) is 0. The predicted octanol–water partition coefficient (Wildman–Crippen LogP) is 3.47. The Hall–Kier alpha value is -2.01. The number of para-hydroxylation sites is 2. The van der Waals surface area contributed by atoms with E-state index in [9.17, 15) is 4.79 Å². The van der Waals surface area contributed by atoms with Crippen LogP contribution in [-0.2, 0) is 0 Å². The van der Waals surface area contributed by atoms with Crippen LogP contribution < -0.4 is 11.1 Å². The molecule has 2 rings (SSSR count). The van der Waals surface area contributed by atoms with Gasteiger partial charge in [-0.05, 0) is 40.2 Å². The SMILES string of the molecule is Nc1c(Nc2ccccc2Br)cccc1C(=O)O. The van der Waals surface area contributed by atoms with Crippen molar-refractivity contribution in [1.29, 1.82) is 0 Å². The van der Waals surface area contributed by atoms with Crippen molar-refractivity contribution in [1.82, 2.24) is 0 Å². The summed E-state index contributed by atoms with van der Waals surface area (Å²) in [5, 5.41) is 12.1. The van der Waals surface area contributed by atoms with E-state index in [0.29, 0.717) is 5.69 Å². The smallest absolute Gasteiger partial charge is 0.337 e. The molecule has 0 heterocycles. The minimum Gasteiger partial charge on any atom is -0.478 e. The summed E-state index contributed by atoms with van der Waals surface area (Å²) < 4.78 is 0.880. The van der Waals surface area contributed by atoms with Crippen LogP contribution in [0.15, 0.2) is 46.9 Å². The zero-order valence-electron chi connectivity index (χ0n) is 9.35. The number of carbonyl (C=O) groups is 1. The van der Waals surface area contributed by atoms with Crippen LogP contribution in [0, 0.1) is 0 Å². The molecule has 0 aliphatic carbocycles. The molecule has 4 N–H and O–H groups in total. The minimum absolute atomic E-state index is 0.0899. The monoisotopic (exact) mass is 306 g/mol. The molecule has 0 fully saturated rings. The molecule has 0 saturated heterocycles. The number of carboxylic acids is 1. The standard InChI is InChI=1S/C13H11BrN2O2/c14-9-5-1-2-6-10(9)16-11-7-3-4-8(12(11)15)13(17)18/h1-7,16H,15H2,(H,17,18). The topological polar surface area (TPSA) is 75.3 Å². The average Bonchev–Trinajstić information content (AvgIpc) is 2.34. The highest BCUT2D eigenvalue weighted by Crippen LogP contribution is 2.30. The summed E-state index contributed by atoms with van der Waals surface area (Å²) in [5.41, 5.74) is 7.53. The molecule has 0 aromatic heterocycles. The van der Waals surface area contributed by atoms with E-state index < -0.39 is 5.97 Å². The van der Waals surface area contributed by atoms with Gasteiger partial charge >= 0.3 is 5.97 Å². The van der Waals surface area contributed by atoms with Crippen molar-refractivity contribution in [2.45, 2.75) is 0 Å².